The van der Waals surface area contributed by atoms with Gasteiger partial charge in [-0.3, -0.25) is 0 Å². The third kappa shape index (κ3) is 3.39. The fourth-order valence-corrected chi connectivity index (χ4v) is 3.92. The zero-order valence-electron chi connectivity index (χ0n) is 15.8. The Labute approximate surface area is 160 Å². The minimum absolute atomic E-state index is 0.585. The molecule has 0 saturated heterocycles. The number of rotatable bonds is 4. The van der Waals surface area contributed by atoms with Gasteiger partial charge in [0.05, 0.1) is 5.60 Å². The maximum absolute atomic E-state index is 11.5. The van der Waals surface area contributed by atoms with Gasteiger partial charge in [-0.15, -0.1) is 0 Å². The van der Waals surface area contributed by atoms with Crippen molar-refractivity contribution < 1.29 is 5.11 Å². The Hall–Kier alpha value is -2.90. The van der Waals surface area contributed by atoms with Crippen LogP contribution in [-0.2, 0) is 12.0 Å². The van der Waals surface area contributed by atoms with Gasteiger partial charge in [-0.2, -0.15) is 0 Å². The molecule has 1 nitrogen and oxygen atoms in total. The van der Waals surface area contributed by atoms with E-state index in [0.717, 1.165) is 16.7 Å². The summed E-state index contributed by atoms with van der Waals surface area (Å²) in [5, 5.41) is 13.9. The van der Waals surface area contributed by atoms with Crippen molar-refractivity contribution >= 4 is 10.8 Å². The van der Waals surface area contributed by atoms with Gasteiger partial charge in [0, 0.05) is 6.42 Å². The van der Waals surface area contributed by atoms with E-state index in [9.17, 15) is 5.11 Å². The first-order chi connectivity index (χ1) is 13.1. The van der Waals surface area contributed by atoms with Gasteiger partial charge < -0.3 is 5.11 Å². The summed E-state index contributed by atoms with van der Waals surface area (Å²) in [6.45, 7) is 4.02. The first-order valence-corrected chi connectivity index (χ1v) is 9.41. The van der Waals surface area contributed by atoms with Crippen LogP contribution in [0.1, 0.15) is 23.6 Å². The average Bonchev–Trinajstić information content (AvgIpc) is 2.69. The Morgan fingerprint density at radius 3 is 2.19 bits per heavy atom. The highest BCUT2D eigenvalue weighted by Gasteiger charge is 2.27. The minimum Gasteiger partial charge on any atom is -0.385 e. The van der Waals surface area contributed by atoms with Crippen LogP contribution in [0.4, 0.5) is 0 Å². The van der Waals surface area contributed by atoms with Crippen molar-refractivity contribution in [2.24, 2.45) is 0 Å². The number of aliphatic hydroxyl groups is 1. The molecule has 4 rings (SSSR count). The predicted octanol–water partition coefficient (Wildman–Crippen LogP) is 6.27. The van der Waals surface area contributed by atoms with Crippen LogP contribution in [0.2, 0.25) is 0 Å². The minimum atomic E-state index is -0.959. The first kappa shape index (κ1) is 17.5. The molecular weight excluding hydrogens is 328 g/mol. The molecule has 0 fully saturated rings. The Morgan fingerprint density at radius 1 is 0.704 bits per heavy atom. The van der Waals surface area contributed by atoms with Gasteiger partial charge in [0.1, 0.15) is 0 Å². The lowest BCUT2D eigenvalue weighted by molar-refractivity contribution is 0.0580. The Kier molecular flexibility index (Phi) is 4.55. The molecule has 0 bridgehead atoms. The molecule has 0 aromatic heterocycles. The van der Waals surface area contributed by atoms with E-state index in [1.807, 2.05) is 31.2 Å². The van der Waals surface area contributed by atoms with Crippen LogP contribution in [0.15, 0.2) is 91.0 Å². The number of fused-ring (bicyclic) bond motifs is 1. The summed E-state index contributed by atoms with van der Waals surface area (Å²) < 4.78 is 0. The second kappa shape index (κ2) is 7.02. The van der Waals surface area contributed by atoms with E-state index in [0.29, 0.717) is 6.42 Å². The fourth-order valence-electron chi connectivity index (χ4n) is 3.92. The summed E-state index contributed by atoms with van der Waals surface area (Å²) in [5.74, 6) is 0. The number of hydrogen-bond acceptors (Lipinski definition) is 1. The molecule has 27 heavy (non-hydrogen) atoms. The maximum atomic E-state index is 11.5. The molecule has 1 unspecified atom stereocenters. The molecule has 0 spiro atoms. The zero-order chi connectivity index (χ0) is 18.9. The summed E-state index contributed by atoms with van der Waals surface area (Å²) in [7, 11) is 0. The van der Waals surface area contributed by atoms with Crippen LogP contribution in [0.3, 0.4) is 0 Å². The molecule has 0 aliphatic heterocycles. The van der Waals surface area contributed by atoms with Gasteiger partial charge in [-0.1, -0.05) is 91.0 Å². The number of hydrogen-bond donors (Lipinski definition) is 1. The summed E-state index contributed by atoms with van der Waals surface area (Å²) in [4.78, 5) is 0. The molecule has 4 aromatic carbocycles. The summed E-state index contributed by atoms with van der Waals surface area (Å²) in [6.07, 6.45) is 0.585. The molecule has 1 heteroatoms. The zero-order valence-corrected chi connectivity index (χ0v) is 15.8. The number of benzene rings is 4. The SMILES string of the molecule is Cc1ccccc1CC(C)(O)c1ccccc1-c1cccc2ccccc12. The summed E-state index contributed by atoms with van der Waals surface area (Å²) >= 11 is 0. The topological polar surface area (TPSA) is 20.2 Å². The largest absolute Gasteiger partial charge is 0.385 e. The van der Waals surface area contributed by atoms with Crippen molar-refractivity contribution in [3.63, 3.8) is 0 Å². The molecule has 134 valence electrons. The molecule has 0 saturated carbocycles. The maximum Gasteiger partial charge on any atom is 0.0914 e. The second-order valence-corrected chi connectivity index (χ2v) is 7.45. The average molecular weight is 352 g/mol. The highest BCUT2D eigenvalue weighted by Crippen LogP contribution is 2.37. The van der Waals surface area contributed by atoms with Gasteiger partial charge in [0.2, 0.25) is 0 Å². The molecular formula is C26H24O. The molecule has 0 amide bonds. The van der Waals surface area contributed by atoms with Crippen LogP contribution in [0, 0.1) is 6.92 Å². The van der Waals surface area contributed by atoms with E-state index >= 15 is 0 Å². The highest BCUT2D eigenvalue weighted by molar-refractivity contribution is 5.97. The lowest BCUT2D eigenvalue weighted by Crippen LogP contribution is -2.25. The Bertz CT molecular complexity index is 1090. The van der Waals surface area contributed by atoms with Gasteiger partial charge in [0.15, 0.2) is 0 Å². The summed E-state index contributed by atoms with van der Waals surface area (Å²) in [6, 6.07) is 31.3. The van der Waals surface area contributed by atoms with E-state index in [4.69, 9.17) is 0 Å². The first-order valence-electron chi connectivity index (χ1n) is 9.41. The van der Waals surface area contributed by atoms with Crippen molar-refractivity contribution in [3.8, 4) is 11.1 Å². The van der Waals surface area contributed by atoms with Gasteiger partial charge >= 0.3 is 0 Å². The molecule has 1 N–H and O–H groups in total. The van der Waals surface area contributed by atoms with Crippen LogP contribution in [0.25, 0.3) is 21.9 Å². The lowest BCUT2D eigenvalue weighted by atomic mass is 9.82. The molecule has 0 heterocycles. The number of aryl methyl sites for hydroxylation is 1. The second-order valence-electron chi connectivity index (χ2n) is 7.45. The summed E-state index contributed by atoms with van der Waals surface area (Å²) in [5.41, 5.74) is 4.64. The quantitative estimate of drug-likeness (QED) is 0.459. The Balaban J connectivity index is 1.85. The molecule has 0 radical (unpaired) electrons. The smallest absolute Gasteiger partial charge is 0.0914 e. The van der Waals surface area contributed by atoms with E-state index in [1.165, 1.54) is 21.9 Å². The molecule has 0 aliphatic rings. The van der Waals surface area contributed by atoms with Crippen LogP contribution < -0.4 is 0 Å². The predicted molar refractivity (Wildman–Crippen MR) is 114 cm³/mol. The third-order valence-corrected chi connectivity index (χ3v) is 5.38. The van der Waals surface area contributed by atoms with E-state index in [2.05, 4.69) is 73.7 Å². The van der Waals surface area contributed by atoms with Gasteiger partial charge in [0.25, 0.3) is 0 Å². The highest BCUT2D eigenvalue weighted by atomic mass is 16.3. The van der Waals surface area contributed by atoms with Crippen molar-refractivity contribution in [2.45, 2.75) is 25.9 Å². The van der Waals surface area contributed by atoms with E-state index in [-0.39, 0.29) is 0 Å². The standard InChI is InChI=1S/C26H24O/c1-19-10-3-4-12-21(19)18-26(2,27)25-17-8-7-15-24(25)23-16-9-13-20-11-5-6-14-22(20)23/h3-17,27H,18H2,1-2H3. The van der Waals surface area contributed by atoms with Crippen LogP contribution in [0.5, 0.6) is 0 Å². The van der Waals surface area contributed by atoms with Crippen LogP contribution in [-0.4, -0.2) is 5.11 Å². The van der Waals surface area contributed by atoms with Crippen molar-refractivity contribution in [2.75, 3.05) is 0 Å². The monoisotopic (exact) mass is 352 g/mol. The van der Waals surface area contributed by atoms with E-state index < -0.39 is 5.60 Å². The Morgan fingerprint density at radius 2 is 1.33 bits per heavy atom. The van der Waals surface area contributed by atoms with Gasteiger partial charge in [-0.05, 0) is 52.4 Å². The van der Waals surface area contributed by atoms with Crippen LogP contribution >= 0.6 is 0 Å². The lowest BCUT2D eigenvalue weighted by Gasteiger charge is -2.28. The van der Waals surface area contributed by atoms with Crippen molar-refractivity contribution in [1.82, 2.24) is 0 Å². The van der Waals surface area contributed by atoms with Crippen molar-refractivity contribution in [3.05, 3.63) is 108 Å². The van der Waals surface area contributed by atoms with Gasteiger partial charge in [-0.25, -0.2) is 0 Å². The molecule has 1 atom stereocenters. The van der Waals surface area contributed by atoms with Crippen molar-refractivity contribution in [1.29, 1.82) is 0 Å². The van der Waals surface area contributed by atoms with E-state index in [1.54, 1.807) is 0 Å². The third-order valence-electron chi connectivity index (χ3n) is 5.38. The normalized spacial score (nSPS) is 13.4. The molecule has 0 aliphatic carbocycles. The fraction of sp³-hybridized carbons (Fsp3) is 0.154. The molecule has 4 aromatic rings.